The van der Waals surface area contributed by atoms with Crippen molar-refractivity contribution in [2.45, 2.75) is 12.8 Å². The third-order valence-electron chi connectivity index (χ3n) is 4.66. The Balaban J connectivity index is 1.96. The number of amides is 1. The van der Waals surface area contributed by atoms with Crippen LogP contribution in [0.2, 0.25) is 0 Å². The van der Waals surface area contributed by atoms with Gasteiger partial charge in [0.1, 0.15) is 0 Å². The molecule has 1 N–H and O–H groups in total. The normalized spacial score (nSPS) is 16.3. The highest BCUT2D eigenvalue weighted by molar-refractivity contribution is 8.18. The number of amidine groups is 1. The fourth-order valence-electron chi connectivity index (χ4n) is 3.16. The first kappa shape index (κ1) is 22.7. The van der Waals surface area contributed by atoms with Crippen molar-refractivity contribution < 1.29 is 19.4 Å². The van der Waals surface area contributed by atoms with E-state index in [1.807, 2.05) is 36.4 Å². The average molecular weight is 439 g/mol. The molecule has 3 rings (SSSR count). The molecule has 0 saturated carbocycles. The zero-order valence-electron chi connectivity index (χ0n) is 17.7. The van der Waals surface area contributed by atoms with Gasteiger partial charge in [-0.2, -0.15) is 0 Å². The fraction of sp³-hybridized carbons (Fsp3) is 0.250. The van der Waals surface area contributed by atoms with Gasteiger partial charge in [0.15, 0.2) is 16.7 Å². The number of phenols is 1. The Labute approximate surface area is 186 Å². The van der Waals surface area contributed by atoms with Gasteiger partial charge >= 0.3 is 0 Å². The minimum Gasteiger partial charge on any atom is -0.504 e. The molecule has 1 heterocycles. The second kappa shape index (κ2) is 10.8. The molecule has 1 aliphatic rings. The van der Waals surface area contributed by atoms with Gasteiger partial charge in [-0.3, -0.25) is 9.69 Å². The lowest BCUT2D eigenvalue weighted by atomic mass is 10.1. The Morgan fingerprint density at radius 1 is 1.23 bits per heavy atom. The van der Waals surface area contributed by atoms with Crippen LogP contribution < -0.4 is 4.74 Å². The smallest absolute Gasteiger partial charge is 0.266 e. The Morgan fingerprint density at radius 2 is 2.00 bits per heavy atom. The van der Waals surface area contributed by atoms with Crippen LogP contribution in [0.25, 0.3) is 6.08 Å². The maximum atomic E-state index is 13.2. The summed E-state index contributed by atoms with van der Waals surface area (Å²) in [7, 11) is 3.14. The van der Waals surface area contributed by atoms with E-state index in [-0.39, 0.29) is 11.7 Å². The van der Waals surface area contributed by atoms with E-state index < -0.39 is 0 Å². The van der Waals surface area contributed by atoms with E-state index in [0.717, 1.165) is 11.3 Å². The average Bonchev–Trinajstić information content (AvgIpc) is 3.05. The highest BCUT2D eigenvalue weighted by atomic mass is 32.2. The number of rotatable bonds is 9. The molecule has 0 bridgehead atoms. The van der Waals surface area contributed by atoms with Crippen molar-refractivity contribution in [1.82, 2.24) is 4.90 Å². The van der Waals surface area contributed by atoms with E-state index in [2.05, 4.69) is 11.6 Å². The number of allylic oxidation sites excluding steroid dienone is 1. The van der Waals surface area contributed by atoms with E-state index in [9.17, 15) is 9.90 Å². The predicted molar refractivity (Wildman–Crippen MR) is 126 cm³/mol. The Bertz CT molecular complexity index is 1000. The minimum atomic E-state index is -0.104. The number of aromatic hydroxyl groups is 1. The summed E-state index contributed by atoms with van der Waals surface area (Å²) in [5.74, 6) is 0.340. The zero-order valence-corrected chi connectivity index (χ0v) is 18.5. The molecule has 162 valence electrons. The summed E-state index contributed by atoms with van der Waals surface area (Å²) in [5, 5.41) is 11.0. The third-order valence-corrected chi connectivity index (χ3v) is 5.66. The van der Waals surface area contributed by atoms with Gasteiger partial charge in [-0.25, -0.2) is 4.99 Å². The van der Waals surface area contributed by atoms with Crippen LogP contribution in [0, 0.1) is 0 Å². The molecule has 7 heteroatoms. The highest BCUT2D eigenvalue weighted by Gasteiger charge is 2.33. The number of nitrogens with zero attached hydrogens (tertiary/aromatic N) is 2. The number of aliphatic imine (C=N–C) groups is 1. The maximum Gasteiger partial charge on any atom is 0.266 e. The quantitative estimate of drug-likeness (QED) is 0.347. The van der Waals surface area contributed by atoms with Gasteiger partial charge in [0.05, 0.1) is 17.7 Å². The SMILES string of the molecule is C=CCc1cc(/C=C2/SC(=Nc3ccccc3)N(CCCOC)C2=O)cc(OC)c1O. The van der Waals surface area contributed by atoms with E-state index >= 15 is 0 Å². The molecular weight excluding hydrogens is 412 g/mol. The number of hydrogen-bond acceptors (Lipinski definition) is 6. The summed E-state index contributed by atoms with van der Waals surface area (Å²) in [4.78, 5) is 20.1. The van der Waals surface area contributed by atoms with Crippen molar-refractivity contribution in [3.8, 4) is 11.5 Å². The highest BCUT2D eigenvalue weighted by Crippen LogP contribution is 2.37. The number of carbonyl (C=O) groups is 1. The van der Waals surface area contributed by atoms with Crippen molar-refractivity contribution in [3.63, 3.8) is 0 Å². The molecule has 0 aromatic heterocycles. The second-order valence-corrected chi connectivity index (χ2v) is 7.88. The zero-order chi connectivity index (χ0) is 22.2. The standard InChI is InChI=1S/C24H26N2O4S/c1-4-9-18-14-17(15-20(30-3)22(18)27)16-21-23(28)26(12-8-13-29-2)24(31-21)25-19-10-6-5-7-11-19/h4-7,10-11,14-16,27H,1,8-9,12-13H2,2-3H3/b21-16+,25-24?. The molecule has 0 atom stereocenters. The number of hydrogen-bond donors (Lipinski definition) is 1. The Hall–Kier alpha value is -3.03. The largest absolute Gasteiger partial charge is 0.504 e. The maximum absolute atomic E-state index is 13.2. The van der Waals surface area contributed by atoms with Crippen LogP contribution in [-0.4, -0.2) is 48.5 Å². The van der Waals surface area contributed by atoms with Crippen LogP contribution in [0.3, 0.4) is 0 Å². The fourth-order valence-corrected chi connectivity index (χ4v) is 4.18. The molecule has 1 amide bonds. The topological polar surface area (TPSA) is 71.4 Å². The molecule has 2 aromatic carbocycles. The summed E-state index contributed by atoms with van der Waals surface area (Å²) in [6.45, 7) is 4.81. The lowest BCUT2D eigenvalue weighted by Crippen LogP contribution is -2.30. The number of para-hydroxylation sites is 1. The summed E-state index contributed by atoms with van der Waals surface area (Å²) in [5.41, 5.74) is 2.24. The molecule has 1 fully saturated rings. The minimum absolute atomic E-state index is 0.0856. The first-order chi connectivity index (χ1) is 15.1. The van der Waals surface area contributed by atoms with Crippen LogP contribution in [0.4, 0.5) is 5.69 Å². The second-order valence-electron chi connectivity index (χ2n) is 6.87. The first-order valence-corrected chi connectivity index (χ1v) is 10.7. The van der Waals surface area contributed by atoms with Crippen LogP contribution in [0.1, 0.15) is 17.5 Å². The van der Waals surface area contributed by atoms with Gasteiger partial charge in [-0.15, -0.1) is 6.58 Å². The van der Waals surface area contributed by atoms with E-state index in [0.29, 0.717) is 47.4 Å². The molecule has 0 unspecified atom stereocenters. The molecule has 31 heavy (non-hydrogen) atoms. The molecule has 2 aromatic rings. The lowest BCUT2D eigenvalue weighted by Gasteiger charge is -2.15. The number of phenolic OH excluding ortho intramolecular Hbond substituents is 1. The van der Waals surface area contributed by atoms with E-state index in [4.69, 9.17) is 9.47 Å². The van der Waals surface area contributed by atoms with Gasteiger partial charge in [0, 0.05) is 25.8 Å². The van der Waals surface area contributed by atoms with Gasteiger partial charge in [0.25, 0.3) is 5.91 Å². The Morgan fingerprint density at radius 3 is 2.68 bits per heavy atom. The van der Waals surface area contributed by atoms with Crippen molar-refractivity contribution in [2.75, 3.05) is 27.4 Å². The molecule has 1 saturated heterocycles. The van der Waals surface area contributed by atoms with Crippen molar-refractivity contribution >= 4 is 34.6 Å². The van der Waals surface area contributed by atoms with E-state index in [1.54, 1.807) is 30.2 Å². The first-order valence-electron chi connectivity index (χ1n) is 9.92. The van der Waals surface area contributed by atoms with Gasteiger partial charge in [-0.1, -0.05) is 24.3 Å². The summed E-state index contributed by atoms with van der Waals surface area (Å²) in [6.07, 6.45) is 4.71. The molecule has 0 aliphatic carbocycles. The number of benzene rings is 2. The van der Waals surface area contributed by atoms with Gasteiger partial charge < -0.3 is 14.6 Å². The van der Waals surface area contributed by atoms with Gasteiger partial charge in [0.2, 0.25) is 0 Å². The number of carbonyl (C=O) groups excluding carboxylic acids is 1. The summed E-state index contributed by atoms with van der Waals surface area (Å²) >= 11 is 1.33. The molecule has 6 nitrogen and oxygen atoms in total. The molecule has 1 aliphatic heterocycles. The van der Waals surface area contributed by atoms with Crippen LogP contribution in [0.15, 0.2) is 65.0 Å². The van der Waals surface area contributed by atoms with Crippen LogP contribution >= 0.6 is 11.8 Å². The summed E-state index contributed by atoms with van der Waals surface area (Å²) in [6, 6.07) is 13.1. The Kier molecular flexibility index (Phi) is 7.92. The van der Waals surface area contributed by atoms with E-state index in [1.165, 1.54) is 18.9 Å². The number of ether oxygens (including phenoxy) is 2. The van der Waals surface area contributed by atoms with Gasteiger partial charge in [-0.05, 0) is 60.5 Å². The molecular formula is C24H26N2O4S. The third kappa shape index (κ3) is 5.57. The van der Waals surface area contributed by atoms with Crippen LogP contribution in [0.5, 0.6) is 11.5 Å². The number of methoxy groups -OCH3 is 2. The molecule has 0 radical (unpaired) electrons. The van der Waals surface area contributed by atoms with Crippen LogP contribution in [-0.2, 0) is 16.0 Å². The summed E-state index contributed by atoms with van der Waals surface area (Å²) < 4.78 is 10.4. The predicted octanol–water partition coefficient (Wildman–Crippen LogP) is 4.77. The van der Waals surface area contributed by atoms with Crippen molar-refractivity contribution in [3.05, 3.63) is 71.2 Å². The monoisotopic (exact) mass is 438 g/mol. The van der Waals surface area contributed by atoms with Crippen molar-refractivity contribution in [2.24, 2.45) is 4.99 Å². The van der Waals surface area contributed by atoms with Crippen molar-refractivity contribution in [1.29, 1.82) is 0 Å². The lowest BCUT2D eigenvalue weighted by molar-refractivity contribution is -0.122. The molecule has 0 spiro atoms. The number of thioether (sulfide) groups is 1.